The van der Waals surface area contributed by atoms with Gasteiger partial charge in [0.1, 0.15) is 5.75 Å². The molecule has 0 bridgehead atoms. The van der Waals surface area contributed by atoms with Crippen LogP contribution in [0.25, 0.3) is 6.08 Å². The third kappa shape index (κ3) is 4.24. The second kappa shape index (κ2) is 6.91. The van der Waals surface area contributed by atoms with Crippen LogP contribution >= 0.6 is 11.3 Å². The van der Waals surface area contributed by atoms with E-state index in [9.17, 15) is 4.79 Å². The molecule has 0 atom stereocenters. The van der Waals surface area contributed by atoms with E-state index in [1.54, 1.807) is 17.4 Å². The summed E-state index contributed by atoms with van der Waals surface area (Å²) in [5.74, 6) is -0.251. The van der Waals surface area contributed by atoms with Gasteiger partial charge in [-0.25, -0.2) is 4.79 Å². The molecule has 104 valence electrons. The molecule has 0 radical (unpaired) electrons. The predicted octanol–water partition coefficient (Wildman–Crippen LogP) is 3.78. The Hall–Kier alpha value is -2.07. The van der Waals surface area contributed by atoms with Crippen molar-refractivity contribution in [1.29, 1.82) is 0 Å². The lowest BCUT2D eigenvalue weighted by Crippen LogP contribution is -2.02. The fourth-order valence-electron chi connectivity index (χ4n) is 1.80. The Labute approximate surface area is 122 Å². The molecule has 0 saturated carbocycles. The summed E-state index contributed by atoms with van der Waals surface area (Å²) >= 11 is 1.67. The zero-order chi connectivity index (χ0) is 14.4. The van der Waals surface area contributed by atoms with Crippen LogP contribution in [0.1, 0.15) is 16.7 Å². The average Bonchev–Trinajstić information content (AvgIpc) is 2.91. The first-order valence-electron chi connectivity index (χ1n) is 6.30. The smallest absolute Gasteiger partial charge is 0.328 e. The monoisotopic (exact) mass is 288 g/mol. The van der Waals surface area contributed by atoms with Gasteiger partial charge in [-0.3, -0.25) is 0 Å². The van der Waals surface area contributed by atoms with Crippen LogP contribution in [0.4, 0.5) is 0 Å². The Kier molecular flexibility index (Phi) is 4.96. The first-order valence-corrected chi connectivity index (χ1v) is 7.25. The summed E-state index contributed by atoms with van der Waals surface area (Å²) < 4.78 is 5.76. The molecule has 3 nitrogen and oxygen atoms in total. The number of ether oxygens (including phenoxy) is 1. The van der Waals surface area contributed by atoms with Crippen LogP contribution in [0.2, 0.25) is 0 Å². The van der Waals surface area contributed by atoms with Gasteiger partial charge in [-0.15, -0.1) is 0 Å². The third-order valence-electron chi connectivity index (χ3n) is 2.80. The van der Waals surface area contributed by atoms with E-state index in [-0.39, 0.29) is 0 Å². The first kappa shape index (κ1) is 14.3. The van der Waals surface area contributed by atoms with Crippen molar-refractivity contribution in [2.75, 3.05) is 6.61 Å². The van der Waals surface area contributed by atoms with Gasteiger partial charge in [-0.2, -0.15) is 11.3 Å². The molecule has 0 fully saturated rings. The minimum atomic E-state index is -0.962. The molecule has 1 heterocycles. The zero-order valence-corrected chi connectivity index (χ0v) is 12.0. The van der Waals surface area contributed by atoms with Crippen molar-refractivity contribution in [2.24, 2.45) is 0 Å². The topological polar surface area (TPSA) is 46.5 Å². The number of hydrogen-bond donors (Lipinski definition) is 1. The van der Waals surface area contributed by atoms with Crippen LogP contribution in [-0.2, 0) is 11.2 Å². The highest BCUT2D eigenvalue weighted by molar-refractivity contribution is 7.07. The minimum Gasteiger partial charge on any atom is -0.493 e. The number of carbonyl (C=O) groups is 1. The van der Waals surface area contributed by atoms with Crippen LogP contribution in [0.5, 0.6) is 5.75 Å². The van der Waals surface area contributed by atoms with Gasteiger partial charge in [0.25, 0.3) is 0 Å². The molecule has 2 rings (SSSR count). The highest BCUT2D eigenvalue weighted by atomic mass is 32.1. The van der Waals surface area contributed by atoms with E-state index in [1.165, 1.54) is 5.56 Å². The highest BCUT2D eigenvalue weighted by Gasteiger charge is 2.03. The average molecular weight is 288 g/mol. The van der Waals surface area contributed by atoms with E-state index >= 15 is 0 Å². The lowest BCUT2D eigenvalue weighted by Gasteiger charge is -2.09. The quantitative estimate of drug-likeness (QED) is 0.823. The van der Waals surface area contributed by atoms with Gasteiger partial charge in [0.05, 0.1) is 6.61 Å². The van der Waals surface area contributed by atoms with E-state index in [4.69, 9.17) is 9.84 Å². The van der Waals surface area contributed by atoms with Crippen LogP contribution in [0.3, 0.4) is 0 Å². The Morgan fingerprint density at radius 1 is 1.40 bits per heavy atom. The fourth-order valence-corrected chi connectivity index (χ4v) is 2.51. The standard InChI is InChI=1S/C16H16O3S/c1-12-2-4-15(14(10-12)3-5-16(17)18)19-8-6-13-7-9-20-11-13/h2-5,7,9-11H,6,8H2,1H3,(H,17,18). The zero-order valence-electron chi connectivity index (χ0n) is 11.2. The molecule has 1 aromatic carbocycles. The van der Waals surface area contributed by atoms with Crippen molar-refractivity contribution in [1.82, 2.24) is 0 Å². The Bertz CT molecular complexity index is 600. The van der Waals surface area contributed by atoms with Gasteiger partial charge in [0.15, 0.2) is 0 Å². The summed E-state index contributed by atoms with van der Waals surface area (Å²) in [7, 11) is 0. The Morgan fingerprint density at radius 3 is 2.95 bits per heavy atom. The number of thiophene rings is 1. The fraction of sp³-hybridized carbons (Fsp3) is 0.188. The Morgan fingerprint density at radius 2 is 2.25 bits per heavy atom. The molecule has 0 unspecified atom stereocenters. The number of carboxylic acid groups (broad SMARTS) is 1. The first-order chi connectivity index (χ1) is 9.65. The van der Waals surface area contributed by atoms with Crippen molar-refractivity contribution in [3.63, 3.8) is 0 Å². The van der Waals surface area contributed by atoms with E-state index in [1.807, 2.05) is 30.5 Å². The van der Waals surface area contributed by atoms with Crippen molar-refractivity contribution < 1.29 is 14.6 Å². The maximum absolute atomic E-state index is 10.6. The van der Waals surface area contributed by atoms with Crippen molar-refractivity contribution in [3.8, 4) is 5.75 Å². The van der Waals surface area contributed by atoms with E-state index in [0.29, 0.717) is 12.4 Å². The van der Waals surface area contributed by atoms with Crippen LogP contribution < -0.4 is 4.74 Å². The molecule has 4 heteroatoms. The van der Waals surface area contributed by atoms with Gasteiger partial charge in [0, 0.05) is 18.1 Å². The van der Waals surface area contributed by atoms with E-state index < -0.39 is 5.97 Å². The van der Waals surface area contributed by atoms with Crippen LogP contribution in [0, 0.1) is 6.92 Å². The number of benzene rings is 1. The van der Waals surface area contributed by atoms with Crippen molar-refractivity contribution in [2.45, 2.75) is 13.3 Å². The molecule has 0 aliphatic carbocycles. The minimum absolute atomic E-state index is 0.577. The van der Waals surface area contributed by atoms with E-state index in [0.717, 1.165) is 23.6 Å². The van der Waals surface area contributed by atoms with Gasteiger partial charge < -0.3 is 9.84 Å². The number of aliphatic carboxylic acids is 1. The molecule has 0 spiro atoms. The van der Waals surface area contributed by atoms with Gasteiger partial charge >= 0.3 is 5.97 Å². The summed E-state index contributed by atoms with van der Waals surface area (Å²) in [6, 6.07) is 7.83. The molecule has 1 N–H and O–H groups in total. The Balaban J connectivity index is 2.04. The second-order valence-electron chi connectivity index (χ2n) is 4.44. The summed E-state index contributed by atoms with van der Waals surface area (Å²) in [5, 5.41) is 12.9. The van der Waals surface area contributed by atoms with Gasteiger partial charge in [0.2, 0.25) is 0 Å². The largest absolute Gasteiger partial charge is 0.493 e. The van der Waals surface area contributed by atoms with Crippen molar-refractivity contribution in [3.05, 3.63) is 57.8 Å². The second-order valence-corrected chi connectivity index (χ2v) is 5.22. The van der Waals surface area contributed by atoms with Gasteiger partial charge in [-0.1, -0.05) is 11.6 Å². The van der Waals surface area contributed by atoms with Crippen LogP contribution in [-0.4, -0.2) is 17.7 Å². The third-order valence-corrected chi connectivity index (χ3v) is 3.53. The maximum atomic E-state index is 10.6. The van der Waals surface area contributed by atoms with Gasteiger partial charge in [-0.05, 0) is 47.5 Å². The number of hydrogen-bond acceptors (Lipinski definition) is 3. The molecule has 20 heavy (non-hydrogen) atoms. The molecular weight excluding hydrogens is 272 g/mol. The number of aryl methyl sites for hydroxylation is 1. The number of rotatable bonds is 6. The van der Waals surface area contributed by atoms with Crippen molar-refractivity contribution >= 4 is 23.4 Å². The summed E-state index contributed by atoms with van der Waals surface area (Å²) in [5.41, 5.74) is 3.11. The molecular formula is C16H16O3S. The molecule has 0 aliphatic heterocycles. The van der Waals surface area contributed by atoms with E-state index in [2.05, 4.69) is 11.4 Å². The molecule has 1 aromatic heterocycles. The lowest BCUT2D eigenvalue weighted by molar-refractivity contribution is -0.131. The summed E-state index contributed by atoms with van der Waals surface area (Å²) in [6.45, 7) is 2.54. The predicted molar refractivity (Wildman–Crippen MR) is 81.4 cm³/mol. The number of carboxylic acids is 1. The highest BCUT2D eigenvalue weighted by Crippen LogP contribution is 2.22. The summed E-state index contributed by atoms with van der Waals surface area (Å²) in [6.07, 6.45) is 3.54. The normalized spacial score (nSPS) is 10.8. The summed E-state index contributed by atoms with van der Waals surface area (Å²) in [4.78, 5) is 10.6. The van der Waals surface area contributed by atoms with Crippen LogP contribution in [0.15, 0.2) is 41.1 Å². The molecule has 0 amide bonds. The lowest BCUT2D eigenvalue weighted by atomic mass is 10.1. The molecule has 0 saturated heterocycles. The SMILES string of the molecule is Cc1ccc(OCCc2ccsc2)c(C=CC(=O)O)c1. The molecule has 2 aromatic rings. The maximum Gasteiger partial charge on any atom is 0.328 e. The molecule has 0 aliphatic rings.